The van der Waals surface area contributed by atoms with Crippen LogP contribution >= 0.6 is 11.6 Å². The SMILES string of the molecule is COCc1cn(COCC[Si](C)(C)C)c(C(OC(=O)N(C(C)C)C(C)C)c2ccc(F)c(Cl)c2)n1. The van der Waals surface area contributed by atoms with E-state index in [0.717, 1.165) is 6.04 Å². The molecule has 0 aliphatic carbocycles. The summed E-state index contributed by atoms with van der Waals surface area (Å²) in [6.07, 6.45) is 0.400. The quantitative estimate of drug-likeness (QED) is 0.233. The second-order valence-corrected chi connectivity index (χ2v) is 16.4. The van der Waals surface area contributed by atoms with Gasteiger partial charge >= 0.3 is 6.09 Å². The average molecular weight is 528 g/mol. The third kappa shape index (κ3) is 8.59. The van der Waals surface area contributed by atoms with E-state index in [2.05, 4.69) is 19.6 Å². The highest BCUT2D eigenvalue weighted by Gasteiger charge is 2.30. The van der Waals surface area contributed by atoms with Gasteiger partial charge in [-0.3, -0.25) is 0 Å². The molecule has 0 fully saturated rings. The van der Waals surface area contributed by atoms with Gasteiger partial charge in [-0.15, -0.1) is 0 Å². The number of hydrogen-bond acceptors (Lipinski definition) is 5. The van der Waals surface area contributed by atoms with Crippen molar-refractivity contribution in [1.29, 1.82) is 0 Å². The summed E-state index contributed by atoms with van der Waals surface area (Å²) in [4.78, 5) is 19.6. The Balaban J connectivity index is 2.47. The highest BCUT2D eigenvalue weighted by atomic mass is 35.5. The van der Waals surface area contributed by atoms with E-state index in [9.17, 15) is 9.18 Å². The van der Waals surface area contributed by atoms with E-state index in [-0.39, 0.29) is 30.4 Å². The van der Waals surface area contributed by atoms with Gasteiger partial charge in [0.25, 0.3) is 0 Å². The van der Waals surface area contributed by atoms with Gasteiger partial charge in [-0.05, 0) is 45.9 Å². The van der Waals surface area contributed by atoms with Gasteiger partial charge in [0, 0.05) is 45.6 Å². The standard InChI is InChI=1S/C25H39ClFN3O4Si/c1-17(2)30(18(3)4)25(31)34-23(19-9-10-22(27)21(26)13-19)24-28-20(15-32-5)14-29(24)16-33-11-12-35(6,7)8/h9-10,13-14,17-18,23H,11-12,15-16H2,1-8H3. The van der Waals surface area contributed by atoms with Gasteiger partial charge in [0.15, 0.2) is 11.9 Å². The van der Waals surface area contributed by atoms with E-state index in [1.54, 1.807) is 18.1 Å². The summed E-state index contributed by atoms with van der Waals surface area (Å²) >= 11 is 6.09. The third-order valence-electron chi connectivity index (χ3n) is 5.40. The molecule has 0 aliphatic rings. The van der Waals surface area contributed by atoms with Crippen molar-refractivity contribution in [2.45, 2.75) is 84.9 Å². The van der Waals surface area contributed by atoms with Crippen LogP contribution in [0.2, 0.25) is 30.7 Å². The molecule has 1 unspecified atom stereocenters. The number of imidazole rings is 1. The van der Waals surface area contributed by atoms with E-state index < -0.39 is 26.1 Å². The maximum Gasteiger partial charge on any atom is 0.411 e. The molecule has 1 heterocycles. The molecule has 0 saturated carbocycles. The first-order chi connectivity index (χ1) is 16.3. The molecule has 7 nitrogen and oxygen atoms in total. The molecule has 35 heavy (non-hydrogen) atoms. The van der Waals surface area contributed by atoms with Crippen LogP contribution in [0.25, 0.3) is 0 Å². The molecule has 0 spiro atoms. The molecule has 1 aromatic carbocycles. The van der Waals surface area contributed by atoms with Crippen LogP contribution in [-0.2, 0) is 27.5 Å². The highest BCUT2D eigenvalue weighted by Crippen LogP contribution is 2.30. The van der Waals surface area contributed by atoms with E-state index >= 15 is 0 Å². The van der Waals surface area contributed by atoms with Crippen LogP contribution in [0, 0.1) is 5.82 Å². The van der Waals surface area contributed by atoms with Crippen molar-refractivity contribution in [2.24, 2.45) is 0 Å². The normalized spacial score (nSPS) is 12.9. The molecular formula is C25H39ClFN3O4Si. The Morgan fingerprint density at radius 1 is 1.20 bits per heavy atom. The fraction of sp³-hybridized carbons (Fsp3) is 0.600. The number of halogens is 2. The largest absolute Gasteiger partial charge is 0.433 e. The Hall–Kier alpha value is -1.94. The molecular weight excluding hydrogens is 489 g/mol. The summed E-state index contributed by atoms with van der Waals surface area (Å²) in [5.74, 6) is -0.0990. The lowest BCUT2D eigenvalue weighted by Crippen LogP contribution is -2.43. The average Bonchev–Trinajstić information content (AvgIpc) is 3.13. The van der Waals surface area contributed by atoms with Gasteiger partial charge in [-0.2, -0.15) is 0 Å². The molecule has 2 rings (SSSR count). The summed E-state index contributed by atoms with van der Waals surface area (Å²) in [6.45, 7) is 15.7. The van der Waals surface area contributed by atoms with E-state index in [1.807, 2.05) is 38.5 Å². The number of benzene rings is 1. The molecule has 0 bridgehead atoms. The fourth-order valence-corrected chi connectivity index (χ4v) is 4.63. The predicted octanol–water partition coefficient (Wildman–Crippen LogP) is 6.48. The first-order valence-electron chi connectivity index (χ1n) is 11.9. The summed E-state index contributed by atoms with van der Waals surface area (Å²) in [6, 6.07) is 5.14. The Kier molecular flexibility index (Phi) is 10.8. The number of methoxy groups -OCH3 is 1. The number of amides is 1. The molecule has 196 valence electrons. The predicted molar refractivity (Wildman–Crippen MR) is 139 cm³/mol. The van der Waals surface area contributed by atoms with Gasteiger partial charge in [0.1, 0.15) is 12.5 Å². The Bertz CT molecular complexity index is 970. The molecule has 10 heteroatoms. The number of carbonyl (C=O) groups excluding carboxylic acids is 1. The van der Waals surface area contributed by atoms with Gasteiger partial charge < -0.3 is 23.7 Å². The zero-order valence-corrected chi connectivity index (χ0v) is 23.9. The van der Waals surface area contributed by atoms with Crippen molar-refractivity contribution >= 4 is 25.8 Å². The van der Waals surface area contributed by atoms with Crippen LogP contribution in [0.5, 0.6) is 0 Å². The number of ether oxygens (including phenoxy) is 3. The Labute approximate surface area is 214 Å². The summed E-state index contributed by atoms with van der Waals surface area (Å²) in [5.41, 5.74) is 1.17. The molecule has 1 amide bonds. The van der Waals surface area contributed by atoms with Crippen molar-refractivity contribution in [3.05, 3.63) is 52.3 Å². The number of nitrogens with zero attached hydrogens (tertiary/aromatic N) is 3. The first-order valence-corrected chi connectivity index (χ1v) is 16.0. The zero-order chi connectivity index (χ0) is 26.3. The van der Waals surface area contributed by atoms with Crippen molar-refractivity contribution in [2.75, 3.05) is 13.7 Å². The van der Waals surface area contributed by atoms with Crippen LogP contribution in [0.1, 0.15) is 50.9 Å². The lowest BCUT2D eigenvalue weighted by Gasteiger charge is -2.31. The van der Waals surface area contributed by atoms with Gasteiger partial charge in [0.2, 0.25) is 0 Å². The smallest absolute Gasteiger partial charge is 0.411 e. The molecule has 0 radical (unpaired) electrons. The van der Waals surface area contributed by atoms with Crippen molar-refractivity contribution in [3.8, 4) is 0 Å². The summed E-state index contributed by atoms with van der Waals surface area (Å²) < 4.78 is 33.0. The Morgan fingerprint density at radius 3 is 2.40 bits per heavy atom. The second-order valence-electron chi connectivity index (χ2n) is 10.4. The third-order valence-corrected chi connectivity index (χ3v) is 7.39. The highest BCUT2D eigenvalue weighted by molar-refractivity contribution is 6.76. The topological polar surface area (TPSA) is 65.8 Å². The van der Waals surface area contributed by atoms with Gasteiger partial charge in [-0.1, -0.05) is 37.3 Å². The first kappa shape index (κ1) is 29.3. The fourth-order valence-electron chi connectivity index (χ4n) is 3.68. The van der Waals surface area contributed by atoms with Gasteiger partial charge in [0.05, 0.1) is 17.3 Å². The summed E-state index contributed by atoms with van der Waals surface area (Å²) in [5, 5.41) is -0.0604. The molecule has 0 saturated heterocycles. The minimum atomic E-state index is -1.25. The maximum absolute atomic E-state index is 14.0. The number of aromatic nitrogens is 2. The molecule has 0 N–H and O–H groups in total. The van der Waals surface area contributed by atoms with Crippen molar-refractivity contribution in [3.63, 3.8) is 0 Å². The lowest BCUT2D eigenvalue weighted by atomic mass is 10.1. The van der Waals surface area contributed by atoms with Crippen LogP contribution in [-0.4, -0.2) is 54.4 Å². The monoisotopic (exact) mass is 527 g/mol. The number of rotatable bonds is 12. The van der Waals surface area contributed by atoms with Crippen molar-refractivity contribution < 1.29 is 23.4 Å². The van der Waals surface area contributed by atoms with Crippen LogP contribution in [0.4, 0.5) is 9.18 Å². The lowest BCUT2D eigenvalue weighted by molar-refractivity contribution is 0.0459. The molecule has 1 aromatic heterocycles. The van der Waals surface area contributed by atoms with Crippen LogP contribution < -0.4 is 0 Å². The number of hydrogen-bond donors (Lipinski definition) is 0. The van der Waals surface area contributed by atoms with Crippen molar-refractivity contribution in [1.82, 2.24) is 14.5 Å². The Morgan fingerprint density at radius 2 is 1.86 bits per heavy atom. The summed E-state index contributed by atoms with van der Waals surface area (Å²) in [7, 11) is 0.333. The van der Waals surface area contributed by atoms with E-state index in [1.165, 1.54) is 12.1 Å². The molecule has 2 aromatic rings. The van der Waals surface area contributed by atoms with Crippen LogP contribution in [0.15, 0.2) is 24.4 Å². The minimum absolute atomic E-state index is 0.0604. The van der Waals surface area contributed by atoms with Gasteiger partial charge in [-0.25, -0.2) is 14.2 Å². The molecule has 0 aliphatic heterocycles. The second kappa shape index (κ2) is 12.8. The maximum atomic E-state index is 14.0. The minimum Gasteiger partial charge on any atom is -0.433 e. The molecule has 1 atom stereocenters. The van der Waals surface area contributed by atoms with E-state index in [4.69, 9.17) is 30.8 Å². The van der Waals surface area contributed by atoms with E-state index in [0.29, 0.717) is 23.7 Å². The number of carbonyl (C=O) groups is 1. The van der Waals surface area contributed by atoms with Crippen LogP contribution in [0.3, 0.4) is 0 Å². The zero-order valence-electron chi connectivity index (χ0n) is 22.1.